The summed E-state index contributed by atoms with van der Waals surface area (Å²) in [5.41, 5.74) is 11.1. The van der Waals surface area contributed by atoms with Gasteiger partial charge in [0.25, 0.3) is 5.91 Å². The second kappa shape index (κ2) is 28.8. The molecule has 508 valence electrons. The number of allylic oxidation sites excluding steroid dienone is 4. The van der Waals surface area contributed by atoms with Crippen LogP contribution in [0, 0.1) is 34.5 Å². The van der Waals surface area contributed by atoms with Crippen molar-refractivity contribution in [3.05, 3.63) is 146 Å². The SMILES string of the molecule is C=C(NC(=O)c1cccc2c1CN(c1ccc(-c3cnn(CC45CC6(C)CC(C)(CC(CCCN(C)C(=O)OCc7ccc(CCCN(CCCC)C(=O)CN8C(=C)CCC8=O)cc7CC7CC[C@H](C)C(C(=O)O)O7)(C6)C4)C5)c3C)c(C(C)=O)n1)CC2)SC1=C(C)CCC=C1. The number of amides is 4. The largest absolute Gasteiger partial charge is 0.479 e. The number of aromatic nitrogens is 3. The number of Topliss-reactive ketones (excluding diaryl/α,β-unsaturated/α-hetero) is 1. The number of ketones is 1. The number of aliphatic carboxylic acids is 1. The number of nitrogens with one attached hydrogen (secondary N) is 1. The van der Waals surface area contributed by atoms with E-state index in [1.807, 2.05) is 55.4 Å². The van der Waals surface area contributed by atoms with Crippen LogP contribution in [0.1, 0.15) is 205 Å². The average Bonchev–Trinajstić information content (AvgIpc) is 0.899. The maximum absolute atomic E-state index is 14.0. The van der Waals surface area contributed by atoms with E-state index in [0.29, 0.717) is 92.6 Å². The maximum Gasteiger partial charge on any atom is 0.409 e. The van der Waals surface area contributed by atoms with Gasteiger partial charge in [0, 0.05) is 92.6 Å². The third kappa shape index (κ3) is 15.8. The van der Waals surface area contributed by atoms with Crippen LogP contribution >= 0.6 is 11.8 Å². The summed E-state index contributed by atoms with van der Waals surface area (Å²) < 4.78 is 14.5. The first-order chi connectivity index (χ1) is 45.3. The number of carboxylic acids is 1. The van der Waals surface area contributed by atoms with Crippen LogP contribution in [-0.4, -0.2) is 122 Å². The lowest BCUT2D eigenvalue weighted by Crippen LogP contribution is -2.60. The number of carbonyl (C=O) groups excluding carboxylic acids is 5. The van der Waals surface area contributed by atoms with E-state index in [1.165, 1.54) is 41.5 Å². The highest BCUT2D eigenvalue weighted by Crippen LogP contribution is 2.75. The molecule has 5 atom stereocenters. The van der Waals surface area contributed by atoms with Crippen molar-refractivity contribution < 1.29 is 43.3 Å². The summed E-state index contributed by atoms with van der Waals surface area (Å²) in [7, 11) is 1.82. The zero-order valence-corrected chi connectivity index (χ0v) is 58.4. The molecule has 4 aromatic rings. The lowest BCUT2D eigenvalue weighted by Gasteiger charge is -2.70. The first-order valence-electron chi connectivity index (χ1n) is 34.9. The van der Waals surface area contributed by atoms with E-state index < -0.39 is 12.1 Å². The van der Waals surface area contributed by atoms with Crippen molar-refractivity contribution in [2.24, 2.45) is 27.6 Å². The molecular formula is C77H100N8O9S. The maximum atomic E-state index is 14.0. The molecule has 18 heteroatoms. The van der Waals surface area contributed by atoms with Gasteiger partial charge in [0.2, 0.25) is 11.8 Å². The van der Waals surface area contributed by atoms with E-state index >= 15 is 0 Å². The number of aryl methyl sites for hydroxylation is 1. The number of unbranched alkanes of at least 4 members (excludes halogenated alkanes) is 1. The van der Waals surface area contributed by atoms with E-state index in [1.54, 1.807) is 11.8 Å². The molecule has 8 aliphatic rings. The van der Waals surface area contributed by atoms with E-state index in [4.69, 9.17) is 19.6 Å². The molecule has 95 heavy (non-hydrogen) atoms. The fraction of sp³-hybridized carbons (Fsp3) is 0.558. The van der Waals surface area contributed by atoms with E-state index in [0.717, 1.165) is 133 Å². The lowest BCUT2D eigenvalue weighted by molar-refractivity contribution is -0.198. The van der Waals surface area contributed by atoms with E-state index in [2.05, 4.69) is 93.0 Å². The third-order valence-corrected chi connectivity index (χ3v) is 22.9. The lowest BCUT2D eigenvalue weighted by atomic mass is 9.35. The van der Waals surface area contributed by atoms with Crippen molar-refractivity contribution in [1.82, 2.24) is 34.8 Å². The molecular weight excluding hydrogens is 1210 g/mol. The molecule has 2 aromatic carbocycles. The number of pyridine rings is 1. The number of ether oxygens (including phenoxy) is 2. The molecule has 0 spiro atoms. The quantitative estimate of drug-likeness (QED) is 0.0536. The van der Waals surface area contributed by atoms with Crippen molar-refractivity contribution in [3.63, 3.8) is 0 Å². The highest BCUT2D eigenvalue weighted by atomic mass is 32.2. The number of nitrogens with zero attached hydrogens (tertiary/aromatic N) is 7. The van der Waals surface area contributed by atoms with Gasteiger partial charge in [-0.05, 0) is 203 Å². The predicted molar refractivity (Wildman–Crippen MR) is 372 cm³/mol. The van der Waals surface area contributed by atoms with Crippen molar-refractivity contribution in [3.8, 4) is 11.1 Å². The summed E-state index contributed by atoms with van der Waals surface area (Å²) >= 11 is 1.49. The molecule has 4 saturated carbocycles. The second-order valence-corrected chi connectivity index (χ2v) is 31.3. The van der Waals surface area contributed by atoms with E-state index in [-0.39, 0.29) is 76.4 Å². The van der Waals surface area contributed by atoms with Gasteiger partial charge in [0.15, 0.2) is 11.9 Å². The highest BCUT2D eigenvalue weighted by molar-refractivity contribution is 8.06. The summed E-state index contributed by atoms with van der Waals surface area (Å²) in [6.45, 7) is 26.8. The molecule has 4 amide bonds. The van der Waals surface area contributed by atoms with Crippen LogP contribution in [0.15, 0.2) is 101 Å². The minimum absolute atomic E-state index is 0.0182. The Morgan fingerprint density at radius 1 is 0.895 bits per heavy atom. The van der Waals surface area contributed by atoms with Gasteiger partial charge in [0.05, 0.1) is 17.3 Å². The summed E-state index contributed by atoms with van der Waals surface area (Å²) in [6.07, 6.45) is 22.2. The predicted octanol–water partition coefficient (Wildman–Crippen LogP) is 14.5. The van der Waals surface area contributed by atoms with Crippen LogP contribution in [-0.2, 0) is 62.8 Å². The zero-order valence-electron chi connectivity index (χ0n) is 57.5. The molecule has 0 radical (unpaired) electrons. The second-order valence-electron chi connectivity index (χ2n) is 30.1. The summed E-state index contributed by atoms with van der Waals surface area (Å²) in [5, 5.41) is 18.8. The zero-order chi connectivity index (χ0) is 67.6. The number of hydrogen-bond donors (Lipinski definition) is 2. The number of hydrogen-bond acceptors (Lipinski definition) is 12. The number of likely N-dealkylation sites (tertiary alicyclic amines) is 1. The van der Waals surface area contributed by atoms with Gasteiger partial charge in [-0.3, -0.25) is 23.9 Å². The minimum Gasteiger partial charge on any atom is -0.479 e. The number of rotatable bonds is 27. The van der Waals surface area contributed by atoms with Crippen molar-refractivity contribution in [1.29, 1.82) is 0 Å². The van der Waals surface area contributed by atoms with Crippen LogP contribution in [0.2, 0.25) is 0 Å². The number of benzene rings is 2. The average molecular weight is 1310 g/mol. The molecule has 17 nitrogen and oxygen atoms in total. The fourth-order valence-corrected chi connectivity index (χ4v) is 19.2. The Labute approximate surface area is 566 Å². The number of carboxylic acid groups (broad SMARTS) is 1. The summed E-state index contributed by atoms with van der Waals surface area (Å²) in [6, 6.07) is 16.1. The first-order valence-corrected chi connectivity index (χ1v) is 35.7. The Balaban J connectivity index is 0.721. The highest BCUT2D eigenvalue weighted by Gasteiger charge is 2.65. The topological polar surface area (TPSA) is 197 Å². The van der Waals surface area contributed by atoms with Gasteiger partial charge in [-0.25, -0.2) is 14.6 Å². The molecule has 2 N–H and O–H groups in total. The van der Waals surface area contributed by atoms with Crippen LogP contribution < -0.4 is 10.2 Å². The first kappa shape index (κ1) is 69.1. The summed E-state index contributed by atoms with van der Waals surface area (Å²) in [5.74, 6) is -0.803. The number of carbonyl (C=O) groups is 6. The molecule has 2 saturated heterocycles. The molecule has 2 aromatic heterocycles. The molecule has 12 rings (SSSR count). The smallest absolute Gasteiger partial charge is 0.409 e. The Hall–Kier alpha value is -7.31. The fourth-order valence-electron chi connectivity index (χ4n) is 18.4. The van der Waals surface area contributed by atoms with Crippen molar-refractivity contribution in [2.75, 3.05) is 44.7 Å². The van der Waals surface area contributed by atoms with Crippen LogP contribution in [0.25, 0.3) is 11.1 Å². The molecule has 4 unspecified atom stereocenters. The van der Waals surface area contributed by atoms with Crippen LogP contribution in [0.3, 0.4) is 0 Å². The van der Waals surface area contributed by atoms with Crippen molar-refractivity contribution in [2.45, 2.75) is 209 Å². The molecule has 6 fully saturated rings. The van der Waals surface area contributed by atoms with Gasteiger partial charge < -0.3 is 39.5 Å². The Morgan fingerprint density at radius 3 is 2.39 bits per heavy atom. The Morgan fingerprint density at radius 2 is 1.66 bits per heavy atom. The van der Waals surface area contributed by atoms with E-state index in [9.17, 15) is 33.9 Å². The summed E-state index contributed by atoms with van der Waals surface area (Å²) in [4.78, 5) is 93.2. The van der Waals surface area contributed by atoms with Crippen molar-refractivity contribution >= 4 is 53.1 Å². The number of anilines is 1. The third-order valence-electron chi connectivity index (χ3n) is 21.9. The van der Waals surface area contributed by atoms with Crippen LogP contribution in [0.5, 0.6) is 0 Å². The number of thioether (sulfide) groups is 1. The van der Waals surface area contributed by atoms with Gasteiger partial charge in [-0.1, -0.05) is 107 Å². The van der Waals surface area contributed by atoms with Gasteiger partial charge >= 0.3 is 12.1 Å². The van der Waals surface area contributed by atoms with Crippen LogP contribution in [0.4, 0.5) is 10.6 Å². The van der Waals surface area contributed by atoms with Gasteiger partial charge in [-0.2, -0.15) is 5.10 Å². The monoisotopic (exact) mass is 1310 g/mol. The molecule has 3 aliphatic heterocycles. The Kier molecular flexibility index (Phi) is 20.9. The Bertz CT molecular complexity index is 3680. The number of fused-ring (bicyclic) bond motifs is 1. The molecule has 5 aliphatic carbocycles. The minimum atomic E-state index is -0.957. The molecule has 5 heterocycles. The van der Waals surface area contributed by atoms with Gasteiger partial charge in [0.1, 0.15) is 24.7 Å². The molecule has 4 bridgehead atoms. The standard InChI is InChI=1S/C77H100N8O9S/c1-11-12-34-82(68(88)41-84-52(4)24-30-67(84)87)35-16-19-56-25-26-58(59(37-56)38-60-27-23-51(3)70(94-60)72(90)91)42-93-73(92)81(10)33-17-32-76-44-74(8)43-75(9,45-76)47-77(46-74,48-76)49-85-53(5)63(39-78-85)61-28-29-66(80-69(61)54(6)86)83-36-31-57-20-15-21-62(64(57)40-83)71(89)79-55(7)95-65-22-14-13-18-50(65)2/h14-15,20-22,25-26,28-29,37,39,51,60,70H,4,7,11-13,16-19,23-24,27,30-36,38,40-49H2,1-3,5-6,8-10H3,(H,79,89)(H,90,91)/t51-,60?,70?,74?,75?,76?,77?/m0/s1. The van der Waals surface area contributed by atoms with Gasteiger partial charge in [-0.15, -0.1) is 0 Å². The normalized spacial score (nSPS) is 25.2.